The second-order valence-electron chi connectivity index (χ2n) is 4.54. The van der Waals surface area contributed by atoms with Crippen LogP contribution >= 0.6 is 11.6 Å². The van der Waals surface area contributed by atoms with Gasteiger partial charge < -0.3 is 15.2 Å². The summed E-state index contributed by atoms with van der Waals surface area (Å²) in [5, 5.41) is 13.3. The van der Waals surface area contributed by atoms with Crippen LogP contribution in [0, 0.1) is 0 Å². The summed E-state index contributed by atoms with van der Waals surface area (Å²) in [5.41, 5.74) is 1.05. The molecule has 1 fully saturated rings. The summed E-state index contributed by atoms with van der Waals surface area (Å²) in [7, 11) is 0. The van der Waals surface area contributed by atoms with E-state index in [-0.39, 0.29) is 6.61 Å². The number of nitrogens with one attached hydrogen (secondary N) is 1. The first kappa shape index (κ1) is 12.7. The van der Waals surface area contributed by atoms with Gasteiger partial charge in [-0.2, -0.15) is 0 Å². The van der Waals surface area contributed by atoms with E-state index in [1.807, 2.05) is 12.1 Å². The summed E-state index contributed by atoms with van der Waals surface area (Å²) >= 11 is 6.11. The molecule has 17 heavy (non-hydrogen) atoms. The van der Waals surface area contributed by atoms with Crippen LogP contribution < -0.4 is 10.1 Å². The molecule has 0 radical (unpaired) electrons. The van der Waals surface area contributed by atoms with Crippen LogP contribution in [-0.4, -0.2) is 23.9 Å². The number of hydrogen-bond donors (Lipinski definition) is 2. The van der Waals surface area contributed by atoms with Gasteiger partial charge in [0.25, 0.3) is 0 Å². The van der Waals surface area contributed by atoms with E-state index in [2.05, 4.69) is 5.32 Å². The summed E-state index contributed by atoms with van der Waals surface area (Å²) < 4.78 is 5.56. The lowest BCUT2D eigenvalue weighted by Crippen LogP contribution is -2.18. The van der Waals surface area contributed by atoms with Crippen molar-refractivity contribution in [2.75, 3.05) is 6.61 Å². The molecule has 1 unspecified atom stereocenters. The van der Waals surface area contributed by atoms with Crippen LogP contribution in [0.1, 0.15) is 25.3 Å². The molecule has 0 saturated heterocycles. The second kappa shape index (κ2) is 5.71. The van der Waals surface area contributed by atoms with E-state index in [1.165, 1.54) is 12.8 Å². The smallest absolute Gasteiger partial charge is 0.142 e. The quantitative estimate of drug-likeness (QED) is 0.820. The van der Waals surface area contributed by atoms with Crippen molar-refractivity contribution in [1.29, 1.82) is 0 Å². The molecule has 1 atom stereocenters. The van der Waals surface area contributed by atoms with Crippen molar-refractivity contribution in [3.05, 3.63) is 28.8 Å². The molecule has 0 bridgehead atoms. The Hall–Kier alpha value is -0.770. The van der Waals surface area contributed by atoms with Crippen LogP contribution in [0.15, 0.2) is 18.2 Å². The van der Waals surface area contributed by atoms with Crippen molar-refractivity contribution in [1.82, 2.24) is 5.32 Å². The average Bonchev–Trinajstić information content (AvgIpc) is 3.08. The molecule has 0 amide bonds. The largest absolute Gasteiger partial charge is 0.489 e. The van der Waals surface area contributed by atoms with Crippen molar-refractivity contribution < 1.29 is 9.84 Å². The summed E-state index contributed by atoms with van der Waals surface area (Å²) in [6.45, 7) is 2.72. The molecule has 3 nitrogen and oxygen atoms in total. The van der Waals surface area contributed by atoms with Gasteiger partial charge in [0.2, 0.25) is 0 Å². The Labute approximate surface area is 107 Å². The maximum Gasteiger partial charge on any atom is 0.142 e. The molecule has 1 aromatic carbocycles. The molecule has 94 valence electrons. The molecule has 1 saturated carbocycles. The number of halogens is 1. The van der Waals surface area contributed by atoms with E-state index in [0.29, 0.717) is 16.8 Å². The average molecular weight is 256 g/mol. The van der Waals surface area contributed by atoms with Crippen molar-refractivity contribution in [3.63, 3.8) is 0 Å². The maximum atomic E-state index is 9.24. The van der Waals surface area contributed by atoms with E-state index < -0.39 is 6.10 Å². The van der Waals surface area contributed by atoms with Gasteiger partial charge in [0.05, 0.1) is 11.1 Å². The molecule has 1 aliphatic carbocycles. The van der Waals surface area contributed by atoms with Gasteiger partial charge in [0.15, 0.2) is 0 Å². The van der Waals surface area contributed by atoms with Crippen LogP contribution in [0.5, 0.6) is 5.75 Å². The van der Waals surface area contributed by atoms with E-state index in [1.54, 1.807) is 13.0 Å². The zero-order chi connectivity index (χ0) is 12.3. The predicted octanol–water partition coefficient (Wildman–Crippen LogP) is 2.35. The number of rotatable bonds is 6. The highest BCUT2D eigenvalue weighted by molar-refractivity contribution is 6.32. The van der Waals surface area contributed by atoms with Gasteiger partial charge in [-0.05, 0) is 25.8 Å². The highest BCUT2D eigenvalue weighted by Crippen LogP contribution is 2.29. The lowest BCUT2D eigenvalue weighted by Gasteiger charge is -2.14. The SMILES string of the molecule is CC(O)COc1c(Cl)cccc1CNC1CC1. The Morgan fingerprint density at radius 1 is 1.53 bits per heavy atom. The maximum absolute atomic E-state index is 9.24. The molecular weight excluding hydrogens is 238 g/mol. The Bertz CT molecular complexity index is 378. The van der Waals surface area contributed by atoms with Gasteiger partial charge in [-0.1, -0.05) is 23.7 Å². The van der Waals surface area contributed by atoms with Crippen LogP contribution in [0.2, 0.25) is 5.02 Å². The highest BCUT2D eigenvalue weighted by Gasteiger charge is 2.21. The molecule has 2 N–H and O–H groups in total. The Kier molecular flexibility index (Phi) is 4.26. The Morgan fingerprint density at radius 3 is 2.94 bits per heavy atom. The number of aliphatic hydroxyl groups is 1. The fourth-order valence-corrected chi connectivity index (χ4v) is 1.85. The fourth-order valence-electron chi connectivity index (χ4n) is 1.60. The minimum absolute atomic E-state index is 0.264. The number of ether oxygens (including phenoxy) is 1. The summed E-state index contributed by atoms with van der Waals surface area (Å²) in [4.78, 5) is 0. The monoisotopic (exact) mass is 255 g/mol. The lowest BCUT2D eigenvalue weighted by atomic mass is 10.2. The first-order valence-electron chi connectivity index (χ1n) is 5.98. The van der Waals surface area contributed by atoms with E-state index >= 15 is 0 Å². The fraction of sp³-hybridized carbons (Fsp3) is 0.538. The van der Waals surface area contributed by atoms with Gasteiger partial charge >= 0.3 is 0 Å². The molecule has 1 aromatic rings. The topological polar surface area (TPSA) is 41.5 Å². The van der Waals surface area contributed by atoms with Gasteiger partial charge in [0.1, 0.15) is 12.4 Å². The third-order valence-corrected chi connectivity index (χ3v) is 2.97. The van der Waals surface area contributed by atoms with Crippen LogP contribution in [0.3, 0.4) is 0 Å². The van der Waals surface area contributed by atoms with Gasteiger partial charge in [0, 0.05) is 18.2 Å². The normalized spacial score (nSPS) is 16.9. The molecule has 0 aromatic heterocycles. The second-order valence-corrected chi connectivity index (χ2v) is 4.95. The first-order valence-corrected chi connectivity index (χ1v) is 6.36. The van der Waals surface area contributed by atoms with Gasteiger partial charge in [-0.3, -0.25) is 0 Å². The molecule has 4 heteroatoms. The molecule has 0 heterocycles. The zero-order valence-corrected chi connectivity index (χ0v) is 10.7. The number of para-hydroxylation sites is 1. The van der Waals surface area contributed by atoms with E-state index in [0.717, 1.165) is 12.1 Å². The molecule has 0 aliphatic heterocycles. The highest BCUT2D eigenvalue weighted by atomic mass is 35.5. The van der Waals surface area contributed by atoms with Crippen LogP contribution in [-0.2, 0) is 6.54 Å². The van der Waals surface area contributed by atoms with Gasteiger partial charge in [-0.15, -0.1) is 0 Å². The predicted molar refractivity (Wildman–Crippen MR) is 68.5 cm³/mol. The van der Waals surface area contributed by atoms with E-state index in [4.69, 9.17) is 16.3 Å². The van der Waals surface area contributed by atoms with Crippen LogP contribution in [0.4, 0.5) is 0 Å². The third kappa shape index (κ3) is 3.87. The van der Waals surface area contributed by atoms with Crippen molar-refractivity contribution in [2.24, 2.45) is 0 Å². The summed E-state index contributed by atoms with van der Waals surface area (Å²) in [6.07, 6.45) is 2.02. The van der Waals surface area contributed by atoms with Crippen molar-refractivity contribution in [3.8, 4) is 5.75 Å². The Morgan fingerprint density at radius 2 is 2.29 bits per heavy atom. The van der Waals surface area contributed by atoms with Gasteiger partial charge in [-0.25, -0.2) is 0 Å². The summed E-state index contributed by atoms with van der Waals surface area (Å²) in [6, 6.07) is 6.37. The van der Waals surface area contributed by atoms with Crippen molar-refractivity contribution >= 4 is 11.6 Å². The van der Waals surface area contributed by atoms with E-state index in [9.17, 15) is 5.11 Å². The number of benzene rings is 1. The Balaban J connectivity index is 2.03. The molecular formula is C13H18ClNO2. The standard InChI is InChI=1S/C13H18ClNO2/c1-9(16)8-17-13-10(3-2-4-12(13)14)7-15-11-5-6-11/h2-4,9,11,15-16H,5-8H2,1H3. The zero-order valence-electron chi connectivity index (χ0n) is 9.95. The molecule has 1 aliphatic rings. The van der Waals surface area contributed by atoms with Crippen LogP contribution in [0.25, 0.3) is 0 Å². The third-order valence-electron chi connectivity index (χ3n) is 2.68. The van der Waals surface area contributed by atoms with Crippen molar-refractivity contribution in [2.45, 2.75) is 38.5 Å². The minimum Gasteiger partial charge on any atom is -0.489 e. The number of hydrogen-bond acceptors (Lipinski definition) is 3. The molecule has 2 rings (SSSR count). The minimum atomic E-state index is -0.490. The number of aliphatic hydroxyl groups excluding tert-OH is 1. The first-order chi connectivity index (χ1) is 8.16. The lowest BCUT2D eigenvalue weighted by molar-refractivity contribution is 0.122. The molecule has 0 spiro atoms. The summed E-state index contributed by atoms with van der Waals surface area (Å²) in [5.74, 6) is 0.684.